The lowest BCUT2D eigenvalue weighted by atomic mass is 10.2. The molecular formula is C17H20N2O4S2. The second-order valence-corrected chi connectivity index (χ2v) is 8.65. The molecule has 0 unspecified atom stereocenters. The molecule has 1 aliphatic rings. The Morgan fingerprint density at radius 2 is 1.72 bits per heavy atom. The summed E-state index contributed by atoms with van der Waals surface area (Å²) in [7, 11) is -2.45. The minimum atomic E-state index is -3.70. The first-order chi connectivity index (χ1) is 11.9. The number of sulfonamides is 1. The number of rotatable bonds is 4. The molecule has 134 valence electrons. The maximum atomic E-state index is 12.9. The zero-order valence-electron chi connectivity index (χ0n) is 14.1. The lowest BCUT2D eigenvalue weighted by Gasteiger charge is -2.35. The van der Waals surface area contributed by atoms with Crippen molar-refractivity contribution < 1.29 is 17.9 Å². The number of hydrogen-bond donors (Lipinski definition) is 0. The van der Waals surface area contributed by atoms with Gasteiger partial charge in [0.1, 0.15) is 9.77 Å². The standard InChI is InChI=1S/C17H20N2O4S2/c1-13-3-5-14(6-4-13)18-8-10-19(11-9-18)25(21,22)15-7-12-24-16(15)17(20)23-2/h3-7,12H,8-11H2,1-2H3. The number of esters is 1. The Kier molecular flexibility index (Phi) is 5.12. The molecule has 2 heterocycles. The number of carbonyl (C=O) groups is 1. The average Bonchev–Trinajstić information content (AvgIpc) is 3.12. The number of anilines is 1. The van der Waals surface area contributed by atoms with Crippen LogP contribution < -0.4 is 4.90 Å². The molecule has 0 N–H and O–H groups in total. The number of aryl methyl sites for hydroxylation is 1. The van der Waals surface area contributed by atoms with Crippen LogP contribution in [0.3, 0.4) is 0 Å². The van der Waals surface area contributed by atoms with E-state index in [1.165, 1.54) is 23.0 Å². The highest BCUT2D eigenvalue weighted by molar-refractivity contribution is 7.89. The Hall–Kier alpha value is -1.90. The predicted octanol–water partition coefficient (Wildman–Crippen LogP) is 2.35. The van der Waals surface area contributed by atoms with Gasteiger partial charge in [-0.15, -0.1) is 11.3 Å². The Bertz CT molecular complexity index is 851. The van der Waals surface area contributed by atoms with Crippen molar-refractivity contribution in [2.45, 2.75) is 11.8 Å². The van der Waals surface area contributed by atoms with Crippen molar-refractivity contribution in [3.63, 3.8) is 0 Å². The molecule has 0 atom stereocenters. The number of hydrogen-bond acceptors (Lipinski definition) is 6. The first kappa shape index (κ1) is 17.9. The minimum Gasteiger partial charge on any atom is -0.465 e. The molecule has 0 radical (unpaired) electrons. The number of benzene rings is 1. The van der Waals surface area contributed by atoms with Gasteiger partial charge in [0.2, 0.25) is 10.0 Å². The average molecular weight is 380 g/mol. The molecule has 0 aliphatic carbocycles. The van der Waals surface area contributed by atoms with Gasteiger partial charge >= 0.3 is 5.97 Å². The Balaban J connectivity index is 1.75. The predicted molar refractivity (Wildman–Crippen MR) is 97.8 cm³/mol. The van der Waals surface area contributed by atoms with Crippen LogP contribution in [-0.4, -0.2) is 52.0 Å². The molecule has 3 rings (SSSR count). The summed E-state index contributed by atoms with van der Waals surface area (Å²) in [6.45, 7) is 4.02. The van der Waals surface area contributed by atoms with Crippen LogP contribution in [0, 0.1) is 6.92 Å². The molecule has 0 bridgehead atoms. The molecule has 0 spiro atoms. The molecule has 8 heteroatoms. The van der Waals surface area contributed by atoms with E-state index in [0.717, 1.165) is 17.0 Å². The van der Waals surface area contributed by atoms with Gasteiger partial charge in [0.05, 0.1) is 7.11 Å². The van der Waals surface area contributed by atoms with Crippen LogP contribution in [0.25, 0.3) is 0 Å². The molecule has 0 saturated carbocycles. The summed E-state index contributed by atoms with van der Waals surface area (Å²) in [6, 6.07) is 9.67. The number of piperazine rings is 1. The minimum absolute atomic E-state index is 0.0353. The third-order valence-corrected chi connectivity index (χ3v) is 7.22. The highest BCUT2D eigenvalue weighted by Gasteiger charge is 2.32. The molecule has 1 saturated heterocycles. The van der Waals surface area contributed by atoms with Crippen LogP contribution in [0.2, 0.25) is 0 Å². The molecular weight excluding hydrogens is 360 g/mol. The zero-order valence-corrected chi connectivity index (χ0v) is 15.8. The SMILES string of the molecule is COC(=O)c1sccc1S(=O)(=O)N1CCN(c2ccc(C)cc2)CC1. The lowest BCUT2D eigenvalue weighted by molar-refractivity contribution is 0.0602. The summed E-state index contributed by atoms with van der Waals surface area (Å²) >= 11 is 1.08. The zero-order chi connectivity index (χ0) is 18.0. The van der Waals surface area contributed by atoms with Crippen LogP contribution in [0.1, 0.15) is 15.2 Å². The number of ether oxygens (including phenoxy) is 1. The van der Waals surface area contributed by atoms with Gasteiger partial charge < -0.3 is 9.64 Å². The maximum Gasteiger partial charge on any atom is 0.349 e. The number of nitrogens with zero attached hydrogens (tertiary/aromatic N) is 2. The normalized spacial score (nSPS) is 16.0. The maximum absolute atomic E-state index is 12.9. The van der Waals surface area contributed by atoms with E-state index in [1.54, 1.807) is 5.38 Å². The second-order valence-electron chi connectivity index (χ2n) is 5.83. The first-order valence-electron chi connectivity index (χ1n) is 7.91. The van der Waals surface area contributed by atoms with E-state index in [2.05, 4.69) is 9.64 Å². The van der Waals surface area contributed by atoms with Gasteiger partial charge in [0.25, 0.3) is 0 Å². The fourth-order valence-corrected chi connectivity index (χ4v) is 5.55. The smallest absolute Gasteiger partial charge is 0.349 e. The van der Waals surface area contributed by atoms with E-state index in [1.807, 2.05) is 31.2 Å². The third kappa shape index (κ3) is 3.56. The highest BCUT2D eigenvalue weighted by Crippen LogP contribution is 2.27. The Morgan fingerprint density at radius 1 is 1.08 bits per heavy atom. The van der Waals surface area contributed by atoms with Crippen LogP contribution in [0.5, 0.6) is 0 Å². The van der Waals surface area contributed by atoms with E-state index in [-0.39, 0.29) is 9.77 Å². The van der Waals surface area contributed by atoms with Crippen LogP contribution in [-0.2, 0) is 14.8 Å². The van der Waals surface area contributed by atoms with Crippen molar-refractivity contribution in [1.82, 2.24) is 4.31 Å². The molecule has 25 heavy (non-hydrogen) atoms. The quantitative estimate of drug-likeness (QED) is 0.762. The Morgan fingerprint density at radius 3 is 2.32 bits per heavy atom. The second kappa shape index (κ2) is 7.15. The number of thiophene rings is 1. The van der Waals surface area contributed by atoms with Gasteiger partial charge in [-0.1, -0.05) is 17.7 Å². The summed E-state index contributed by atoms with van der Waals surface area (Å²) < 4.78 is 31.9. The van der Waals surface area contributed by atoms with Gasteiger partial charge in [-0.3, -0.25) is 0 Å². The highest BCUT2D eigenvalue weighted by atomic mass is 32.2. The van der Waals surface area contributed by atoms with Crippen LogP contribution in [0.15, 0.2) is 40.6 Å². The van der Waals surface area contributed by atoms with Gasteiger partial charge in [-0.05, 0) is 30.5 Å². The molecule has 2 aromatic rings. The van der Waals surface area contributed by atoms with Crippen molar-refractivity contribution >= 4 is 33.0 Å². The molecule has 1 aromatic heterocycles. The van der Waals surface area contributed by atoms with Crippen molar-refractivity contribution in [2.75, 3.05) is 38.2 Å². The molecule has 1 aliphatic heterocycles. The summed E-state index contributed by atoms with van der Waals surface area (Å²) in [5.41, 5.74) is 2.28. The van der Waals surface area contributed by atoms with Gasteiger partial charge in [0, 0.05) is 31.9 Å². The molecule has 1 fully saturated rings. The van der Waals surface area contributed by atoms with Gasteiger partial charge in [-0.25, -0.2) is 13.2 Å². The summed E-state index contributed by atoms with van der Waals surface area (Å²) in [5.74, 6) is -0.619. The molecule has 0 amide bonds. The summed E-state index contributed by atoms with van der Waals surface area (Å²) in [6.07, 6.45) is 0. The topological polar surface area (TPSA) is 66.9 Å². The summed E-state index contributed by atoms with van der Waals surface area (Å²) in [4.78, 5) is 14.1. The van der Waals surface area contributed by atoms with Crippen molar-refractivity contribution in [2.24, 2.45) is 0 Å². The van der Waals surface area contributed by atoms with E-state index >= 15 is 0 Å². The largest absolute Gasteiger partial charge is 0.465 e. The van der Waals surface area contributed by atoms with Crippen LogP contribution >= 0.6 is 11.3 Å². The molecule has 6 nitrogen and oxygen atoms in total. The lowest BCUT2D eigenvalue weighted by Crippen LogP contribution is -2.48. The first-order valence-corrected chi connectivity index (χ1v) is 10.2. The molecule has 1 aromatic carbocycles. The van der Waals surface area contributed by atoms with E-state index in [9.17, 15) is 13.2 Å². The van der Waals surface area contributed by atoms with Crippen molar-refractivity contribution in [3.8, 4) is 0 Å². The van der Waals surface area contributed by atoms with E-state index in [0.29, 0.717) is 26.2 Å². The van der Waals surface area contributed by atoms with Gasteiger partial charge in [-0.2, -0.15) is 4.31 Å². The third-order valence-electron chi connectivity index (χ3n) is 4.26. The Labute approximate surface area is 151 Å². The fraction of sp³-hybridized carbons (Fsp3) is 0.353. The van der Waals surface area contributed by atoms with Crippen LogP contribution in [0.4, 0.5) is 5.69 Å². The fourth-order valence-electron chi connectivity index (χ4n) is 2.82. The monoisotopic (exact) mass is 380 g/mol. The van der Waals surface area contributed by atoms with Crippen molar-refractivity contribution in [3.05, 3.63) is 46.2 Å². The van der Waals surface area contributed by atoms with E-state index < -0.39 is 16.0 Å². The van der Waals surface area contributed by atoms with E-state index in [4.69, 9.17) is 0 Å². The van der Waals surface area contributed by atoms with Gasteiger partial charge in [0.15, 0.2) is 0 Å². The van der Waals surface area contributed by atoms with Crippen molar-refractivity contribution in [1.29, 1.82) is 0 Å². The number of carbonyl (C=O) groups excluding carboxylic acids is 1. The number of methoxy groups -OCH3 is 1. The summed E-state index contributed by atoms with van der Waals surface area (Å²) in [5, 5.41) is 1.60.